The molecule has 24 heavy (non-hydrogen) atoms. The van der Waals surface area contributed by atoms with Crippen molar-refractivity contribution in [2.75, 3.05) is 18.5 Å². The zero-order valence-corrected chi connectivity index (χ0v) is 13.5. The normalized spacial score (nSPS) is 11.6. The van der Waals surface area contributed by atoms with Gasteiger partial charge in [-0.3, -0.25) is 0 Å². The molecule has 3 N–H and O–H groups in total. The molecule has 0 spiro atoms. The number of hydrogen-bond acceptors (Lipinski definition) is 3. The fourth-order valence-corrected chi connectivity index (χ4v) is 2.19. The van der Waals surface area contributed by atoms with E-state index in [0.717, 1.165) is 5.56 Å². The Balaban J connectivity index is 1.78. The maximum absolute atomic E-state index is 13.7. The van der Waals surface area contributed by atoms with Crippen LogP contribution in [0, 0.1) is 5.82 Å². The number of aliphatic hydroxyl groups is 1. The van der Waals surface area contributed by atoms with Gasteiger partial charge in [0, 0.05) is 18.3 Å². The van der Waals surface area contributed by atoms with E-state index in [1.165, 1.54) is 12.1 Å². The van der Waals surface area contributed by atoms with E-state index in [2.05, 4.69) is 10.6 Å². The van der Waals surface area contributed by atoms with Crippen molar-refractivity contribution in [3.8, 4) is 5.75 Å². The monoisotopic (exact) mass is 332 g/mol. The number of rotatable bonds is 7. The quantitative estimate of drug-likeness (QED) is 0.727. The van der Waals surface area contributed by atoms with Gasteiger partial charge in [0.25, 0.3) is 0 Å². The minimum absolute atomic E-state index is 0.148. The molecule has 0 saturated carbocycles. The van der Waals surface area contributed by atoms with Crippen LogP contribution in [-0.4, -0.2) is 24.3 Å². The molecule has 0 aliphatic heterocycles. The summed E-state index contributed by atoms with van der Waals surface area (Å²) in [6, 6.07) is 13.0. The third-order valence-corrected chi connectivity index (χ3v) is 3.38. The summed E-state index contributed by atoms with van der Waals surface area (Å²) in [7, 11) is 0. The van der Waals surface area contributed by atoms with Crippen molar-refractivity contribution in [2.45, 2.75) is 19.4 Å². The fraction of sp³-hybridized carbons (Fsp3) is 0.278. The van der Waals surface area contributed by atoms with E-state index in [-0.39, 0.29) is 5.75 Å². The molecule has 2 rings (SSSR count). The van der Waals surface area contributed by atoms with Gasteiger partial charge in [-0.25, -0.2) is 9.18 Å². The molecule has 5 nitrogen and oxygen atoms in total. The molecule has 0 aromatic heterocycles. The third-order valence-electron chi connectivity index (χ3n) is 3.38. The summed E-state index contributed by atoms with van der Waals surface area (Å²) < 4.78 is 18.8. The molecule has 2 aromatic carbocycles. The summed E-state index contributed by atoms with van der Waals surface area (Å²) in [4.78, 5) is 11.8. The molecule has 1 atom stereocenters. The zero-order chi connectivity index (χ0) is 17.4. The zero-order valence-electron chi connectivity index (χ0n) is 13.5. The van der Waals surface area contributed by atoms with Crippen LogP contribution < -0.4 is 15.4 Å². The van der Waals surface area contributed by atoms with Crippen molar-refractivity contribution in [2.24, 2.45) is 0 Å². The largest absolute Gasteiger partial charge is 0.491 e. The summed E-state index contributed by atoms with van der Waals surface area (Å²) in [6.45, 7) is 2.43. The lowest BCUT2D eigenvalue weighted by molar-refractivity contribution is 0.167. The standard InChI is InChI=1S/C18H21FN2O3/c1-2-24-17-9-8-14(12-15(17)19)21-18(23)20-11-10-16(22)13-6-4-3-5-7-13/h3-9,12,16,22H,2,10-11H2,1H3,(H2,20,21,23). The van der Waals surface area contributed by atoms with E-state index in [1.54, 1.807) is 13.0 Å². The highest BCUT2D eigenvalue weighted by atomic mass is 19.1. The van der Waals surface area contributed by atoms with Crippen molar-refractivity contribution >= 4 is 11.7 Å². The molecule has 1 unspecified atom stereocenters. The van der Waals surface area contributed by atoms with Crippen molar-refractivity contribution in [3.63, 3.8) is 0 Å². The Labute approximate surface area is 140 Å². The number of halogens is 1. The van der Waals surface area contributed by atoms with Gasteiger partial charge in [0.1, 0.15) is 0 Å². The number of ether oxygens (including phenoxy) is 1. The number of urea groups is 1. The molecular formula is C18H21FN2O3. The first kappa shape index (κ1) is 17.7. The van der Waals surface area contributed by atoms with Gasteiger partial charge in [-0.05, 0) is 31.0 Å². The highest BCUT2D eigenvalue weighted by Gasteiger charge is 2.09. The summed E-state index contributed by atoms with van der Waals surface area (Å²) in [5.41, 5.74) is 1.13. The smallest absolute Gasteiger partial charge is 0.319 e. The van der Waals surface area contributed by atoms with Crippen LogP contribution in [0.2, 0.25) is 0 Å². The van der Waals surface area contributed by atoms with Gasteiger partial charge in [0.05, 0.1) is 12.7 Å². The van der Waals surface area contributed by atoms with Crippen LogP contribution in [0.1, 0.15) is 25.0 Å². The van der Waals surface area contributed by atoms with Gasteiger partial charge >= 0.3 is 6.03 Å². The van der Waals surface area contributed by atoms with E-state index in [1.807, 2.05) is 30.3 Å². The number of carbonyl (C=O) groups is 1. The predicted octanol–water partition coefficient (Wildman–Crippen LogP) is 3.47. The lowest BCUT2D eigenvalue weighted by atomic mass is 10.1. The number of anilines is 1. The summed E-state index contributed by atoms with van der Waals surface area (Å²) in [5, 5.41) is 15.2. The molecular weight excluding hydrogens is 311 g/mol. The highest BCUT2D eigenvalue weighted by Crippen LogP contribution is 2.21. The van der Waals surface area contributed by atoms with E-state index < -0.39 is 18.0 Å². The molecule has 128 valence electrons. The van der Waals surface area contributed by atoms with E-state index in [4.69, 9.17) is 4.74 Å². The highest BCUT2D eigenvalue weighted by molar-refractivity contribution is 5.89. The minimum atomic E-state index is -0.644. The van der Waals surface area contributed by atoms with Crippen LogP contribution in [0.25, 0.3) is 0 Å². The van der Waals surface area contributed by atoms with E-state index in [0.29, 0.717) is 25.3 Å². The second-order valence-corrected chi connectivity index (χ2v) is 5.17. The average Bonchev–Trinajstić information content (AvgIpc) is 2.58. The van der Waals surface area contributed by atoms with Crippen molar-refractivity contribution in [1.82, 2.24) is 5.32 Å². The van der Waals surface area contributed by atoms with Crippen molar-refractivity contribution in [1.29, 1.82) is 0 Å². The molecule has 0 fully saturated rings. The summed E-state index contributed by atoms with van der Waals surface area (Å²) >= 11 is 0. The molecule has 0 saturated heterocycles. The molecule has 0 bridgehead atoms. The number of carbonyl (C=O) groups excluding carboxylic acids is 1. The Kier molecular flexibility index (Phi) is 6.57. The van der Waals surface area contributed by atoms with E-state index in [9.17, 15) is 14.3 Å². The van der Waals surface area contributed by atoms with Crippen LogP contribution in [0.4, 0.5) is 14.9 Å². The van der Waals surface area contributed by atoms with Gasteiger partial charge in [-0.1, -0.05) is 30.3 Å². The lowest BCUT2D eigenvalue weighted by Gasteiger charge is -2.12. The van der Waals surface area contributed by atoms with E-state index >= 15 is 0 Å². The first-order chi connectivity index (χ1) is 11.6. The Hall–Kier alpha value is -2.60. The Morgan fingerprint density at radius 1 is 1.25 bits per heavy atom. The van der Waals surface area contributed by atoms with Gasteiger partial charge in [-0.2, -0.15) is 0 Å². The molecule has 0 heterocycles. The maximum Gasteiger partial charge on any atom is 0.319 e. The number of hydrogen-bond donors (Lipinski definition) is 3. The SMILES string of the molecule is CCOc1ccc(NC(=O)NCCC(O)c2ccccc2)cc1F. The minimum Gasteiger partial charge on any atom is -0.491 e. The van der Waals surface area contributed by atoms with Crippen LogP contribution in [0.5, 0.6) is 5.75 Å². The fourth-order valence-electron chi connectivity index (χ4n) is 2.19. The van der Waals surface area contributed by atoms with Crippen molar-refractivity contribution in [3.05, 3.63) is 59.9 Å². The van der Waals surface area contributed by atoms with Crippen LogP contribution >= 0.6 is 0 Å². The van der Waals surface area contributed by atoms with Crippen LogP contribution in [0.15, 0.2) is 48.5 Å². The average molecular weight is 332 g/mol. The van der Waals surface area contributed by atoms with Crippen LogP contribution in [0.3, 0.4) is 0 Å². The molecule has 2 amide bonds. The molecule has 0 radical (unpaired) electrons. The van der Waals surface area contributed by atoms with Gasteiger partial charge in [0.15, 0.2) is 11.6 Å². The van der Waals surface area contributed by atoms with Crippen LogP contribution in [-0.2, 0) is 0 Å². The summed E-state index contributed by atoms with van der Waals surface area (Å²) in [5.74, 6) is -0.386. The Morgan fingerprint density at radius 3 is 2.67 bits per heavy atom. The lowest BCUT2D eigenvalue weighted by Crippen LogP contribution is -2.30. The number of aliphatic hydroxyl groups excluding tert-OH is 1. The van der Waals surface area contributed by atoms with Gasteiger partial charge < -0.3 is 20.5 Å². The molecule has 6 heteroatoms. The van der Waals surface area contributed by atoms with Crippen molar-refractivity contribution < 1.29 is 19.0 Å². The van der Waals surface area contributed by atoms with Gasteiger partial charge in [-0.15, -0.1) is 0 Å². The number of amides is 2. The first-order valence-electron chi connectivity index (χ1n) is 7.80. The number of nitrogens with one attached hydrogen (secondary N) is 2. The second kappa shape index (κ2) is 8.88. The first-order valence-corrected chi connectivity index (χ1v) is 7.80. The molecule has 0 aliphatic carbocycles. The summed E-state index contributed by atoms with van der Waals surface area (Å²) in [6.07, 6.45) is -0.260. The topological polar surface area (TPSA) is 70.6 Å². The Morgan fingerprint density at radius 2 is 2.00 bits per heavy atom. The maximum atomic E-state index is 13.7. The predicted molar refractivity (Wildman–Crippen MR) is 90.6 cm³/mol. The molecule has 0 aliphatic rings. The Bertz CT molecular complexity index is 665. The number of benzene rings is 2. The third kappa shape index (κ3) is 5.24. The van der Waals surface area contributed by atoms with Gasteiger partial charge in [0.2, 0.25) is 0 Å². The molecule has 2 aromatic rings. The second-order valence-electron chi connectivity index (χ2n) is 5.17.